The molecule has 1 aromatic carbocycles. The molecular formula is C15H21N5O4S. The molecule has 0 aliphatic carbocycles. The molecule has 1 heterocycles. The Morgan fingerprint density at radius 3 is 2.76 bits per heavy atom. The minimum atomic E-state index is -3.82. The molecule has 0 spiro atoms. The molecule has 2 rings (SSSR count). The van der Waals surface area contributed by atoms with Crippen molar-refractivity contribution < 1.29 is 17.9 Å². The minimum Gasteiger partial charge on any atom is -0.496 e. The van der Waals surface area contributed by atoms with Crippen molar-refractivity contribution in [2.24, 2.45) is 0 Å². The summed E-state index contributed by atoms with van der Waals surface area (Å²) in [7, 11) is -0.952. The van der Waals surface area contributed by atoms with E-state index in [0.29, 0.717) is 18.1 Å². The Hall–Kier alpha value is -2.46. The lowest BCUT2D eigenvalue weighted by Gasteiger charge is -2.11. The van der Waals surface area contributed by atoms with Gasteiger partial charge >= 0.3 is 0 Å². The van der Waals surface area contributed by atoms with Crippen molar-refractivity contribution in [1.82, 2.24) is 24.8 Å². The van der Waals surface area contributed by atoms with Crippen LogP contribution in [-0.2, 0) is 23.1 Å². The average molecular weight is 367 g/mol. The van der Waals surface area contributed by atoms with Crippen molar-refractivity contribution in [2.45, 2.75) is 31.3 Å². The topological polar surface area (TPSA) is 115 Å². The van der Waals surface area contributed by atoms with E-state index in [9.17, 15) is 13.2 Å². The standard InChI is InChI=1S/C15H21N5O4S/c1-4-7-20-10-17-19-14(20)9-18-25(22,23)11-5-6-13(24-3)12(8-11)15(21)16-2/h5-6,8,10,18H,4,7,9H2,1-3H3,(H,16,21). The van der Waals surface area contributed by atoms with Gasteiger partial charge in [-0.1, -0.05) is 6.92 Å². The summed E-state index contributed by atoms with van der Waals surface area (Å²) in [6.45, 7) is 2.71. The van der Waals surface area contributed by atoms with Crippen LogP contribution < -0.4 is 14.8 Å². The van der Waals surface area contributed by atoms with Crippen molar-refractivity contribution >= 4 is 15.9 Å². The summed E-state index contributed by atoms with van der Waals surface area (Å²) in [6.07, 6.45) is 2.44. The quantitative estimate of drug-likeness (QED) is 0.703. The second-order valence-corrected chi connectivity index (χ2v) is 6.97. The maximum atomic E-state index is 12.5. The van der Waals surface area contributed by atoms with Gasteiger partial charge in [0, 0.05) is 13.6 Å². The van der Waals surface area contributed by atoms with Crippen LogP contribution in [0.1, 0.15) is 29.5 Å². The molecule has 0 aliphatic heterocycles. The van der Waals surface area contributed by atoms with Gasteiger partial charge in [0.1, 0.15) is 17.9 Å². The van der Waals surface area contributed by atoms with Gasteiger partial charge in [-0.3, -0.25) is 4.79 Å². The number of ether oxygens (including phenoxy) is 1. The summed E-state index contributed by atoms with van der Waals surface area (Å²) in [6, 6.07) is 4.10. The molecule has 1 aromatic heterocycles. The second kappa shape index (κ2) is 8.08. The van der Waals surface area contributed by atoms with Gasteiger partial charge in [0.15, 0.2) is 0 Å². The van der Waals surface area contributed by atoms with Crippen molar-refractivity contribution in [1.29, 1.82) is 0 Å². The molecule has 2 aromatic rings. The number of aryl methyl sites for hydroxylation is 1. The smallest absolute Gasteiger partial charge is 0.254 e. The molecule has 0 bridgehead atoms. The van der Waals surface area contributed by atoms with Crippen LogP contribution in [0.2, 0.25) is 0 Å². The van der Waals surface area contributed by atoms with Gasteiger partial charge in [0.25, 0.3) is 5.91 Å². The molecule has 0 saturated carbocycles. The van der Waals surface area contributed by atoms with E-state index in [1.54, 1.807) is 10.9 Å². The molecule has 0 saturated heterocycles. The Bertz CT molecular complexity index is 847. The summed E-state index contributed by atoms with van der Waals surface area (Å²) in [5.74, 6) is 0.378. The van der Waals surface area contributed by atoms with Crippen LogP contribution in [0.4, 0.5) is 0 Å². The third kappa shape index (κ3) is 4.34. The van der Waals surface area contributed by atoms with E-state index < -0.39 is 15.9 Å². The minimum absolute atomic E-state index is 0.00364. The second-order valence-electron chi connectivity index (χ2n) is 5.21. The van der Waals surface area contributed by atoms with Crippen LogP contribution in [0, 0.1) is 0 Å². The molecule has 9 nitrogen and oxygen atoms in total. The number of benzene rings is 1. The van der Waals surface area contributed by atoms with E-state index in [1.807, 2.05) is 6.92 Å². The van der Waals surface area contributed by atoms with Crippen molar-refractivity contribution in [3.05, 3.63) is 35.9 Å². The van der Waals surface area contributed by atoms with Crippen molar-refractivity contribution in [3.63, 3.8) is 0 Å². The van der Waals surface area contributed by atoms with E-state index >= 15 is 0 Å². The van der Waals surface area contributed by atoms with Gasteiger partial charge in [0.05, 0.1) is 24.1 Å². The lowest BCUT2D eigenvalue weighted by molar-refractivity contribution is 0.0960. The van der Waals surface area contributed by atoms with E-state index in [-0.39, 0.29) is 17.0 Å². The van der Waals surface area contributed by atoms with E-state index in [1.165, 1.54) is 32.4 Å². The molecule has 0 aliphatic rings. The first-order valence-electron chi connectivity index (χ1n) is 7.69. The van der Waals surface area contributed by atoms with Crippen LogP contribution >= 0.6 is 0 Å². The van der Waals surface area contributed by atoms with Gasteiger partial charge in [-0.25, -0.2) is 13.1 Å². The molecule has 0 atom stereocenters. The van der Waals surface area contributed by atoms with Crippen LogP contribution in [-0.4, -0.2) is 43.2 Å². The Morgan fingerprint density at radius 2 is 2.12 bits per heavy atom. The largest absolute Gasteiger partial charge is 0.496 e. The van der Waals surface area contributed by atoms with Crippen LogP contribution in [0.5, 0.6) is 5.75 Å². The number of nitrogens with zero attached hydrogens (tertiary/aromatic N) is 3. The Balaban J connectivity index is 2.24. The zero-order chi connectivity index (χ0) is 18.4. The van der Waals surface area contributed by atoms with Gasteiger partial charge in [-0.2, -0.15) is 0 Å². The summed E-state index contributed by atoms with van der Waals surface area (Å²) in [5, 5.41) is 10.2. The molecule has 136 valence electrons. The third-order valence-electron chi connectivity index (χ3n) is 3.53. The van der Waals surface area contributed by atoms with Crippen molar-refractivity contribution in [2.75, 3.05) is 14.2 Å². The maximum absolute atomic E-state index is 12.5. The number of nitrogens with one attached hydrogen (secondary N) is 2. The van der Waals surface area contributed by atoms with Crippen LogP contribution in [0.15, 0.2) is 29.4 Å². The van der Waals surface area contributed by atoms with E-state index in [0.717, 1.165) is 6.42 Å². The number of methoxy groups -OCH3 is 1. The van der Waals surface area contributed by atoms with Gasteiger partial charge < -0.3 is 14.6 Å². The normalized spacial score (nSPS) is 11.3. The Labute approximate surface area is 146 Å². The van der Waals surface area contributed by atoms with E-state index in [2.05, 4.69) is 20.2 Å². The fourth-order valence-electron chi connectivity index (χ4n) is 2.25. The van der Waals surface area contributed by atoms with Crippen molar-refractivity contribution in [3.8, 4) is 5.75 Å². The number of sulfonamides is 1. The summed E-state index contributed by atoms with van der Waals surface area (Å²) in [5.41, 5.74) is 0.141. The Kier molecular flexibility index (Phi) is 6.10. The number of carbonyl (C=O) groups is 1. The first kappa shape index (κ1) is 18.9. The number of hydrogen-bond donors (Lipinski definition) is 2. The number of rotatable bonds is 8. The Morgan fingerprint density at radius 1 is 1.36 bits per heavy atom. The number of amides is 1. The summed E-state index contributed by atoms with van der Waals surface area (Å²) < 4.78 is 34.4. The first-order chi connectivity index (χ1) is 11.9. The SMILES string of the molecule is CCCn1cnnc1CNS(=O)(=O)c1ccc(OC)c(C(=O)NC)c1. The molecule has 0 fully saturated rings. The molecular weight excluding hydrogens is 346 g/mol. The molecule has 1 amide bonds. The highest BCUT2D eigenvalue weighted by atomic mass is 32.2. The predicted octanol–water partition coefficient (Wildman–Crippen LogP) is 0.535. The van der Waals surface area contributed by atoms with Gasteiger partial charge in [-0.05, 0) is 24.6 Å². The number of carbonyl (C=O) groups excluding carboxylic acids is 1. The zero-order valence-electron chi connectivity index (χ0n) is 14.3. The highest BCUT2D eigenvalue weighted by molar-refractivity contribution is 7.89. The van der Waals surface area contributed by atoms with E-state index in [4.69, 9.17) is 4.74 Å². The molecule has 0 radical (unpaired) electrons. The lowest BCUT2D eigenvalue weighted by atomic mass is 10.2. The molecule has 0 unspecified atom stereocenters. The summed E-state index contributed by atoms with van der Waals surface area (Å²) in [4.78, 5) is 11.9. The van der Waals surface area contributed by atoms with Crippen LogP contribution in [0.25, 0.3) is 0 Å². The molecule has 2 N–H and O–H groups in total. The highest BCUT2D eigenvalue weighted by Gasteiger charge is 2.20. The maximum Gasteiger partial charge on any atom is 0.254 e. The predicted molar refractivity (Wildman–Crippen MR) is 90.7 cm³/mol. The number of hydrogen-bond acceptors (Lipinski definition) is 6. The molecule has 25 heavy (non-hydrogen) atoms. The number of aromatic nitrogens is 3. The third-order valence-corrected chi connectivity index (χ3v) is 4.93. The highest BCUT2D eigenvalue weighted by Crippen LogP contribution is 2.22. The molecule has 10 heteroatoms. The lowest BCUT2D eigenvalue weighted by Crippen LogP contribution is -2.26. The van der Waals surface area contributed by atoms with Gasteiger partial charge in [0.2, 0.25) is 10.0 Å². The fraction of sp³-hybridized carbons (Fsp3) is 0.400. The van der Waals surface area contributed by atoms with Gasteiger partial charge in [-0.15, -0.1) is 10.2 Å². The summed E-state index contributed by atoms with van der Waals surface area (Å²) >= 11 is 0. The average Bonchev–Trinajstić information content (AvgIpc) is 3.06. The zero-order valence-corrected chi connectivity index (χ0v) is 15.1. The first-order valence-corrected chi connectivity index (χ1v) is 9.17. The fourth-order valence-corrected chi connectivity index (χ4v) is 3.26. The monoisotopic (exact) mass is 367 g/mol. The van der Waals surface area contributed by atoms with Crippen LogP contribution in [0.3, 0.4) is 0 Å².